The van der Waals surface area contributed by atoms with Crippen LogP contribution in [0.5, 0.6) is 0 Å². The lowest BCUT2D eigenvalue weighted by molar-refractivity contribution is -0.131. The van der Waals surface area contributed by atoms with E-state index in [1.165, 1.54) is 18.4 Å². The van der Waals surface area contributed by atoms with Gasteiger partial charge < -0.3 is 0 Å². The molecule has 0 spiro atoms. The monoisotopic (exact) mass is 225 g/mol. The first-order valence-electron chi connectivity index (χ1n) is 6.17. The van der Waals surface area contributed by atoms with E-state index < -0.39 is 0 Å². The molecule has 0 saturated carbocycles. The van der Waals surface area contributed by atoms with Crippen LogP contribution >= 0.6 is 0 Å². The Morgan fingerprint density at radius 2 is 2.25 bits per heavy atom. The molecule has 0 bridgehead atoms. The predicted molar refractivity (Wildman–Crippen MR) is 64.0 cm³/mol. The molecule has 0 fully saturated rings. The molecule has 1 aliphatic carbocycles. The third kappa shape index (κ3) is 3.63. The summed E-state index contributed by atoms with van der Waals surface area (Å²) in [6, 6.07) is 0. The van der Waals surface area contributed by atoms with E-state index in [1.807, 2.05) is 6.92 Å². The second-order valence-corrected chi connectivity index (χ2v) is 5.25. The van der Waals surface area contributed by atoms with Gasteiger partial charge in [-0.1, -0.05) is 25.5 Å². The lowest BCUT2D eigenvalue weighted by Crippen LogP contribution is -2.28. The van der Waals surface area contributed by atoms with E-state index in [1.54, 1.807) is 5.48 Å². The molecule has 16 heavy (non-hydrogen) atoms. The third-order valence-corrected chi connectivity index (χ3v) is 3.42. The number of nitrogens with one attached hydrogen (secondary N) is 1. The van der Waals surface area contributed by atoms with E-state index in [-0.39, 0.29) is 11.8 Å². The lowest BCUT2D eigenvalue weighted by atomic mass is 9.81. The quantitative estimate of drug-likeness (QED) is 0.439. The molecule has 0 aromatic rings. The number of hydrogen-bond acceptors (Lipinski definition) is 2. The van der Waals surface area contributed by atoms with E-state index in [2.05, 4.69) is 19.9 Å². The van der Waals surface area contributed by atoms with Gasteiger partial charge in [0.1, 0.15) is 0 Å². The molecule has 0 aromatic carbocycles. The highest BCUT2D eigenvalue weighted by Crippen LogP contribution is 2.31. The Morgan fingerprint density at radius 3 is 2.69 bits per heavy atom. The van der Waals surface area contributed by atoms with Gasteiger partial charge in [0.25, 0.3) is 0 Å². The average molecular weight is 225 g/mol. The highest BCUT2D eigenvalue weighted by Gasteiger charge is 2.22. The average Bonchev–Trinajstić information content (AvgIpc) is 2.27. The maximum Gasteiger partial charge on any atom is 0.250 e. The molecule has 0 aliphatic heterocycles. The highest BCUT2D eigenvalue weighted by atomic mass is 16.5. The Bertz CT molecular complexity index is 271. The molecule has 0 unspecified atom stereocenters. The Hall–Kier alpha value is -0.830. The van der Waals surface area contributed by atoms with Crippen LogP contribution in [0, 0.1) is 17.8 Å². The first-order valence-corrected chi connectivity index (χ1v) is 6.17. The van der Waals surface area contributed by atoms with Crippen LogP contribution in [0.15, 0.2) is 11.6 Å². The molecule has 3 nitrogen and oxygen atoms in total. The summed E-state index contributed by atoms with van der Waals surface area (Å²) >= 11 is 0. The van der Waals surface area contributed by atoms with Crippen molar-refractivity contribution in [2.75, 3.05) is 0 Å². The molecule has 0 heterocycles. The van der Waals surface area contributed by atoms with Crippen molar-refractivity contribution in [2.24, 2.45) is 17.8 Å². The van der Waals surface area contributed by atoms with Crippen molar-refractivity contribution in [3.8, 4) is 0 Å². The zero-order valence-electron chi connectivity index (χ0n) is 10.5. The fourth-order valence-electron chi connectivity index (χ4n) is 2.45. The summed E-state index contributed by atoms with van der Waals surface area (Å²) in [6.07, 6.45) is 6.70. The van der Waals surface area contributed by atoms with Gasteiger partial charge in [0.2, 0.25) is 5.91 Å². The van der Waals surface area contributed by atoms with Crippen LogP contribution in [0.2, 0.25) is 0 Å². The van der Waals surface area contributed by atoms with Gasteiger partial charge in [-0.05, 0) is 44.4 Å². The fourth-order valence-corrected chi connectivity index (χ4v) is 2.45. The van der Waals surface area contributed by atoms with Gasteiger partial charge in [0.05, 0.1) is 5.92 Å². The maximum absolute atomic E-state index is 11.3. The molecule has 0 saturated heterocycles. The molecule has 2 atom stereocenters. The van der Waals surface area contributed by atoms with Crippen molar-refractivity contribution < 1.29 is 10.0 Å². The fraction of sp³-hybridized carbons (Fsp3) is 0.769. The summed E-state index contributed by atoms with van der Waals surface area (Å²) in [6.45, 7) is 6.35. The number of carbonyl (C=O) groups excluding carboxylic acids is 1. The van der Waals surface area contributed by atoms with Crippen LogP contribution in [0.1, 0.15) is 46.5 Å². The van der Waals surface area contributed by atoms with Gasteiger partial charge >= 0.3 is 0 Å². The van der Waals surface area contributed by atoms with E-state index in [9.17, 15) is 4.79 Å². The molecule has 1 aliphatic rings. The molecular weight excluding hydrogens is 202 g/mol. The summed E-state index contributed by atoms with van der Waals surface area (Å²) in [5.74, 6) is 1.03. The zero-order chi connectivity index (χ0) is 12.1. The Kier molecular flexibility index (Phi) is 5.00. The maximum atomic E-state index is 11.3. The largest absolute Gasteiger partial charge is 0.289 e. The van der Waals surface area contributed by atoms with Gasteiger partial charge in [-0.2, -0.15) is 0 Å². The molecule has 2 N–H and O–H groups in total. The van der Waals surface area contributed by atoms with Crippen molar-refractivity contribution in [2.45, 2.75) is 46.5 Å². The van der Waals surface area contributed by atoms with E-state index >= 15 is 0 Å². The normalized spacial score (nSPS) is 22.8. The molecule has 92 valence electrons. The van der Waals surface area contributed by atoms with E-state index in [0.717, 1.165) is 24.7 Å². The zero-order valence-corrected chi connectivity index (χ0v) is 10.5. The van der Waals surface area contributed by atoms with Gasteiger partial charge in [-0.25, -0.2) is 5.48 Å². The summed E-state index contributed by atoms with van der Waals surface area (Å²) in [5.41, 5.74) is 2.90. The van der Waals surface area contributed by atoms with Crippen molar-refractivity contribution in [3.63, 3.8) is 0 Å². The SMILES string of the molecule is CC(C)C[C@@H]1CC=C([C@@H](C)C(=O)NO)CC1. The Labute approximate surface area is 97.9 Å². The van der Waals surface area contributed by atoms with E-state index in [4.69, 9.17) is 5.21 Å². The number of hydroxylamine groups is 1. The lowest BCUT2D eigenvalue weighted by Gasteiger charge is -2.25. The molecule has 0 aromatic heterocycles. The van der Waals surface area contributed by atoms with Crippen molar-refractivity contribution >= 4 is 5.91 Å². The van der Waals surface area contributed by atoms with E-state index in [0.29, 0.717) is 0 Å². The molecule has 1 rings (SSSR count). The number of hydrogen-bond donors (Lipinski definition) is 2. The van der Waals surface area contributed by atoms with Crippen molar-refractivity contribution in [3.05, 3.63) is 11.6 Å². The molecule has 0 radical (unpaired) electrons. The van der Waals surface area contributed by atoms with Crippen molar-refractivity contribution in [1.29, 1.82) is 0 Å². The minimum absolute atomic E-state index is 0.190. The van der Waals surface area contributed by atoms with Gasteiger partial charge in [0.15, 0.2) is 0 Å². The smallest absolute Gasteiger partial charge is 0.250 e. The second kappa shape index (κ2) is 6.04. The molecule has 3 heteroatoms. The third-order valence-electron chi connectivity index (χ3n) is 3.42. The Balaban J connectivity index is 2.49. The van der Waals surface area contributed by atoms with Crippen LogP contribution < -0.4 is 5.48 Å². The Morgan fingerprint density at radius 1 is 1.56 bits per heavy atom. The summed E-state index contributed by atoms with van der Waals surface area (Å²) < 4.78 is 0. The van der Waals surface area contributed by atoms with Crippen LogP contribution in [-0.2, 0) is 4.79 Å². The first kappa shape index (κ1) is 13.2. The standard InChI is InChI=1S/C13H23NO2/c1-9(2)8-11-4-6-12(7-5-11)10(3)13(15)14-16/h6,9-11,16H,4-5,7-8H2,1-3H3,(H,14,15)/t10-,11-/m1/s1. The molecule has 1 amide bonds. The topological polar surface area (TPSA) is 49.3 Å². The summed E-state index contributed by atoms with van der Waals surface area (Å²) in [7, 11) is 0. The number of rotatable bonds is 4. The van der Waals surface area contributed by atoms with Gasteiger partial charge in [-0.15, -0.1) is 0 Å². The summed E-state index contributed by atoms with van der Waals surface area (Å²) in [5, 5.41) is 8.58. The highest BCUT2D eigenvalue weighted by molar-refractivity contribution is 5.79. The predicted octanol–water partition coefficient (Wildman–Crippen LogP) is 2.90. The van der Waals surface area contributed by atoms with Gasteiger partial charge in [0, 0.05) is 0 Å². The van der Waals surface area contributed by atoms with Crippen LogP contribution in [0.25, 0.3) is 0 Å². The minimum atomic E-state index is -0.298. The van der Waals surface area contributed by atoms with Gasteiger partial charge in [-0.3, -0.25) is 10.0 Å². The molecular formula is C13H23NO2. The second-order valence-electron chi connectivity index (χ2n) is 5.25. The van der Waals surface area contributed by atoms with Crippen LogP contribution in [-0.4, -0.2) is 11.1 Å². The number of carbonyl (C=O) groups is 1. The van der Waals surface area contributed by atoms with Crippen LogP contribution in [0.4, 0.5) is 0 Å². The number of allylic oxidation sites excluding steroid dienone is 1. The summed E-state index contributed by atoms with van der Waals surface area (Å²) in [4.78, 5) is 11.3. The first-order chi connectivity index (χ1) is 7.54. The van der Waals surface area contributed by atoms with Crippen molar-refractivity contribution in [1.82, 2.24) is 5.48 Å². The van der Waals surface area contributed by atoms with Crippen LogP contribution in [0.3, 0.4) is 0 Å². The minimum Gasteiger partial charge on any atom is -0.289 e. The number of amides is 1.